The van der Waals surface area contributed by atoms with Gasteiger partial charge in [-0.2, -0.15) is 0 Å². The standard InChI is InChI=1S/C23H21ClN2O3S/c24-19-10-5-4-9-18(19)21-12-11-17(30-21)15-20(23(29)25-13-6-14-27)26-22(28)16-7-2-1-3-8-16/h1-5,7-12,15,27H,6,13-14H2,(H,25,29)(H,26,28)/b20-15-. The lowest BCUT2D eigenvalue weighted by molar-refractivity contribution is -0.117. The Bertz CT molecular complexity index is 1050. The second-order valence-corrected chi connectivity index (χ2v) is 7.92. The van der Waals surface area contributed by atoms with Crippen molar-refractivity contribution in [2.45, 2.75) is 6.42 Å². The van der Waals surface area contributed by atoms with Crippen molar-refractivity contribution in [3.05, 3.63) is 87.9 Å². The molecule has 0 saturated heterocycles. The molecule has 7 heteroatoms. The Morgan fingerprint density at radius 2 is 1.73 bits per heavy atom. The molecule has 0 atom stereocenters. The summed E-state index contributed by atoms with van der Waals surface area (Å²) >= 11 is 7.75. The zero-order valence-electron chi connectivity index (χ0n) is 16.1. The first-order chi connectivity index (χ1) is 14.6. The van der Waals surface area contributed by atoms with Gasteiger partial charge in [0.1, 0.15) is 5.70 Å². The number of amides is 2. The summed E-state index contributed by atoms with van der Waals surface area (Å²) in [5, 5.41) is 15.0. The molecule has 154 valence electrons. The van der Waals surface area contributed by atoms with Crippen LogP contribution in [-0.4, -0.2) is 30.1 Å². The van der Waals surface area contributed by atoms with Gasteiger partial charge >= 0.3 is 0 Å². The molecule has 2 aromatic carbocycles. The predicted molar refractivity (Wildman–Crippen MR) is 121 cm³/mol. The SMILES string of the molecule is O=C(NCCCO)/C(=C/c1ccc(-c2ccccc2Cl)s1)NC(=O)c1ccccc1. The summed E-state index contributed by atoms with van der Waals surface area (Å²) in [6, 6.07) is 20.0. The third kappa shape index (κ3) is 5.79. The molecule has 1 aromatic heterocycles. The van der Waals surface area contributed by atoms with Crippen LogP contribution >= 0.6 is 22.9 Å². The van der Waals surface area contributed by atoms with Crippen LogP contribution in [0.4, 0.5) is 0 Å². The van der Waals surface area contributed by atoms with Crippen molar-refractivity contribution < 1.29 is 14.7 Å². The molecule has 5 nitrogen and oxygen atoms in total. The highest BCUT2D eigenvalue weighted by Gasteiger charge is 2.15. The van der Waals surface area contributed by atoms with E-state index >= 15 is 0 Å². The Hall–Kier alpha value is -2.93. The van der Waals surface area contributed by atoms with E-state index in [2.05, 4.69) is 10.6 Å². The maximum absolute atomic E-state index is 12.6. The van der Waals surface area contributed by atoms with E-state index in [0.717, 1.165) is 15.3 Å². The fraction of sp³-hybridized carbons (Fsp3) is 0.130. The molecule has 0 aliphatic carbocycles. The third-order valence-electron chi connectivity index (χ3n) is 4.20. The van der Waals surface area contributed by atoms with Crippen LogP contribution in [0.2, 0.25) is 5.02 Å². The molecule has 3 aromatic rings. The molecule has 3 N–H and O–H groups in total. The molecular formula is C23H21ClN2O3S. The molecular weight excluding hydrogens is 420 g/mol. The number of halogens is 1. The zero-order valence-corrected chi connectivity index (χ0v) is 17.7. The Labute approximate surface area is 184 Å². The fourth-order valence-corrected chi connectivity index (χ4v) is 3.98. The lowest BCUT2D eigenvalue weighted by Gasteiger charge is -2.10. The zero-order chi connectivity index (χ0) is 21.3. The first-order valence-electron chi connectivity index (χ1n) is 9.40. The van der Waals surface area contributed by atoms with Gasteiger partial charge < -0.3 is 15.7 Å². The Morgan fingerprint density at radius 1 is 1.00 bits per heavy atom. The van der Waals surface area contributed by atoms with Crippen molar-refractivity contribution >= 4 is 40.8 Å². The van der Waals surface area contributed by atoms with Crippen LogP contribution in [-0.2, 0) is 4.79 Å². The number of benzene rings is 2. The molecule has 0 radical (unpaired) electrons. The van der Waals surface area contributed by atoms with E-state index < -0.39 is 5.91 Å². The summed E-state index contributed by atoms with van der Waals surface area (Å²) in [6.45, 7) is 0.283. The van der Waals surface area contributed by atoms with Gasteiger partial charge in [0.05, 0.1) is 0 Å². The van der Waals surface area contributed by atoms with Gasteiger partial charge in [-0.3, -0.25) is 9.59 Å². The number of carbonyl (C=O) groups is 2. The highest BCUT2D eigenvalue weighted by Crippen LogP contribution is 2.33. The number of carbonyl (C=O) groups excluding carboxylic acids is 2. The average Bonchev–Trinajstić information content (AvgIpc) is 3.22. The van der Waals surface area contributed by atoms with E-state index in [1.807, 2.05) is 42.5 Å². The second kappa shape index (κ2) is 10.7. The van der Waals surface area contributed by atoms with E-state index in [0.29, 0.717) is 23.6 Å². The van der Waals surface area contributed by atoms with Gasteiger partial charge in [0.25, 0.3) is 11.8 Å². The molecule has 1 heterocycles. The van der Waals surface area contributed by atoms with E-state index in [-0.39, 0.29) is 18.2 Å². The minimum absolute atomic E-state index is 0.0260. The number of aliphatic hydroxyl groups is 1. The molecule has 0 aliphatic rings. The Morgan fingerprint density at radius 3 is 2.47 bits per heavy atom. The van der Waals surface area contributed by atoms with E-state index in [9.17, 15) is 9.59 Å². The number of nitrogens with one attached hydrogen (secondary N) is 2. The second-order valence-electron chi connectivity index (χ2n) is 6.39. The number of rotatable bonds is 8. The lowest BCUT2D eigenvalue weighted by Crippen LogP contribution is -2.35. The predicted octanol–water partition coefficient (Wildman–Crippen LogP) is 4.34. The van der Waals surface area contributed by atoms with Gasteiger partial charge in [-0.1, -0.05) is 48.0 Å². The van der Waals surface area contributed by atoms with Crippen molar-refractivity contribution in [3.8, 4) is 10.4 Å². The monoisotopic (exact) mass is 440 g/mol. The first-order valence-corrected chi connectivity index (χ1v) is 10.6. The quantitative estimate of drug-likeness (QED) is 0.360. The number of hydrogen-bond donors (Lipinski definition) is 3. The van der Waals surface area contributed by atoms with E-state index in [1.165, 1.54) is 11.3 Å². The molecule has 2 amide bonds. The van der Waals surface area contributed by atoms with Crippen molar-refractivity contribution in [1.82, 2.24) is 10.6 Å². The molecule has 3 rings (SSSR count). The van der Waals surface area contributed by atoms with Crippen LogP contribution in [0.5, 0.6) is 0 Å². The van der Waals surface area contributed by atoms with Gasteiger partial charge in [-0.05, 0) is 42.8 Å². The van der Waals surface area contributed by atoms with Crippen LogP contribution in [0.25, 0.3) is 16.5 Å². The normalized spacial score (nSPS) is 11.2. The number of hydrogen-bond acceptors (Lipinski definition) is 4. The fourth-order valence-electron chi connectivity index (χ4n) is 2.70. The lowest BCUT2D eigenvalue weighted by atomic mass is 10.2. The molecule has 0 unspecified atom stereocenters. The molecule has 0 aliphatic heterocycles. The number of aliphatic hydroxyl groups excluding tert-OH is 1. The smallest absolute Gasteiger partial charge is 0.267 e. The van der Waals surface area contributed by atoms with Crippen molar-refractivity contribution in [1.29, 1.82) is 0 Å². The van der Waals surface area contributed by atoms with Crippen LogP contribution in [0.1, 0.15) is 21.7 Å². The Balaban J connectivity index is 1.85. The summed E-state index contributed by atoms with van der Waals surface area (Å²) in [6.07, 6.45) is 2.07. The van der Waals surface area contributed by atoms with Crippen molar-refractivity contribution in [2.75, 3.05) is 13.2 Å². The Kier molecular flexibility index (Phi) is 7.79. The first kappa shape index (κ1) is 21.8. The topological polar surface area (TPSA) is 78.4 Å². The van der Waals surface area contributed by atoms with Gasteiger partial charge in [0.2, 0.25) is 0 Å². The molecule has 0 saturated carbocycles. The minimum Gasteiger partial charge on any atom is -0.396 e. The summed E-state index contributed by atoms with van der Waals surface area (Å²) in [5.41, 5.74) is 1.50. The average molecular weight is 441 g/mol. The van der Waals surface area contributed by atoms with Crippen LogP contribution in [0.3, 0.4) is 0 Å². The van der Waals surface area contributed by atoms with E-state index in [4.69, 9.17) is 16.7 Å². The van der Waals surface area contributed by atoms with Crippen molar-refractivity contribution in [2.24, 2.45) is 0 Å². The van der Waals surface area contributed by atoms with Crippen LogP contribution < -0.4 is 10.6 Å². The summed E-state index contributed by atoms with van der Waals surface area (Å²) in [5.74, 6) is -0.789. The minimum atomic E-state index is -0.416. The van der Waals surface area contributed by atoms with Gasteiger partial charge in [0, 0.05) is 39.1 Å². The van der Waals surface area contributed by atoms with Crippen molar-refractivity contribution in [3.63, 3.8) is 0 Å². The molecule has 30 heavy (non-hydrogen) atoms. The largest absolute Gasteiger partial charge is 0.396 e. The molecule has 0 fully saturated rings. The molecule has 0 bridgehead atoms. The maximum atomic E-state index is 12.6. The van der Waals surface area contributed by atoms with E-state index in [1.54, 1.807) is 30.3 Å². The van der Waals surface area contributed by atoms with Gasteiger partial charge in [-0.25, -0.2) is 0 Å². The van der Waals surface area contributed by atoms with Gasteiger partial charge in [-0.15, -0.1) is 11.3 Å². The number of thiophene rings is 1. The van der Waals surface area contributed by atoms with Crippen LogP contribution in [0, 0.1) is 0 Å². The van der Waals surface area contributed by atoms with Gasteiger partial charge in [0.15, 0.2) is 0 Å². The summed E-state index contributed by atoms with van der Waals surface area (Å²) in [7, 11) is 0. The maximum Gasteiger partial charge on any atom is 0.267 e. The summed E-state index contributed by atoms with van der Waals surface area (Å²) in [4.78, 5) is 26.9. The van der Waals surface area contributed by atoms with Crippen LogP contribution in [0.15, 0.2) is 72.4 Å². The summed E-state index contributed by atoms with van der Waals surface area (Å²) < 4.78 is 0. The highest BCUT2D eigenvalue weighted by molar-refractivity contribution is 7.16. The third-order valence-corrected chi connectivity index (χ3v) is 5.60. The molecule has 0 spiro atoms. The highest BCUT2D eigenvalue weighted by atomic mass is 35.5.